The molecule has 5 nitrogen and oxygen atoms in total. The van der Waals surface area contributed by atoms with E-state index in [9.17, 15) is 4.79 Å². The molecule has 0 bridgehead atoms. The topological polar surface area (TPSA) is 76.2 Å². The van der Waals surface area contributed by atoms with Crippen LogP contribution in [0, 0.1) is 0 Å². The van der Waals surface area contributed by atoms with Crippen LogP contribution in [0.1, 0.15) is 25.0 Å². The predicted octanol–water partition coefficient (Wildman–Crippen LogP) is 1.07. The van der Waals surface area contributed by atoms with Gasteiger partial charge in [0.25, 0.3) is 0 Å². The maximum Gasteiger partial charge on any atom is 0.314 e. The van der Waals surface area contributed by atoms with Crippen molar-refractivity contribution in [3.05, 3.63) is 12.0 Å². The third kappa shape index (κ3) is 2.20. The molecular formula is C6H9ClN2O3. The average Bonchev–Trinajstić information content (AvgIpc) is 2.40. The molecule has 0 saturated heterocycles. The van der Waals surface area contributed by atoms with Crippen LogP contribution in [0.2, 0.25) is 0 Å². The first kappa shape index (κ1) is 10.9. The molecule has 1 atom stereocenters. The lowest BCUT2D eigenvalue weighted by Crippen LogP contribution is -2.09. The number of hydrogen-bond acceptors (Lipinski definition) is 4. The van der Waals surface area contributed by atoms with E-state index in [1.54, 1.807) is 6.92 Å². The van der Waals surface area contributed by atoms with Crippen molar-refractivity contribution >= 4 is 18.4 Å². The molecule has 12 heavy (non-hydrogen) atoms. The lowest BCUT2D eigenvalue weighted by atomic mass is 10.1. The van der Waals surface area contributed by atoms with Gasteiger partial charge in [-0.05, 0) is 6.42 Å². The van der Waals surface area contributed by atoms with Crippen molar-refractivity contribution in [3.8, 4) is 0 Å². The summed E-state index contributed by atoms with van der Waals surface area (Å²) in [6, 6.07) is 0. The molecule has 1 unspecified atom stereocenters. The molecule has 1 aromatic heterocycles. The molecule has 1 aromatic rings. The van der Waals surface area contributed by atoms with Crippen LogP contribution in [0.3, 0.4) is 0 Å². The van der Waals surface area contributed by atoms with E-state index >= 15 is 0 Å². The molecule has 1 heterocycles. The summed E-state index contributed by atoms with van der Waals surface area (Å²) in [6.45, 7) is 1.77. The van der Waals surface area contributed by atoms with Crippen molar-refractivity contribution in [3.63, 3.8) is 0 Å². The fraction of sp³-hybridized carbons (Fsp3) is 0.500. The SMILES string of the molecule is CCC(C(=O)O)c1cnno1.Cl. The van der Waals surface area contributed by atoms with Crippen LogP contribution in [0.5, 0.6) is 0 Å². The molecule has 0 aliphatic heterocycles. The predicted molar refractivity (Wildman–Crippen MR) is 42.2 cm³/mol. The summed E-state index contributed by atoms with van der Waals surface area (Å²) in [5.74, 6) is -1.23. The molecule has 1 N–H and O–H groups in total. The monoisotopic (exact) mass is 192 g/mol. The van der Waals surface area contributed by atoms with Gasteiger partial charge in [-0.1, -0.05) is 6.92 Å². The van der Waals surface area contributed by atoms with Gasteiger partial charge in [0, 0.05) is 5.27 Å². The van der Waals surface area contributed by atoms with Crippen LogP contribution < -0.4 is 0 Å². The van der Waals surface area contributed by atoms with E-state index in [4.69, 9.17) is 5.11 Å². The van der Waals surface area contributed by atoms with E-state index in [0.717, 1.165) is 0 Å². The van der Waals surface area contributed by atoms with Gasteiger partial charge in [0.1, 0.15) is 5.92 Å². The Labute approximate surface area is 75.2 Å². The van der Waals surface area contributed by atoms with Gasteiger partial charge in [0.15, 0.2) is 5.76 Å². The fourth-order valence-electron chi connectivity index (χ4n) is 0.826. The van der Waals surface area contributed by atoms with E-state index < -0.39 is 11.9 Å². The minimum absolute atomic E-state index is 0. The molecule has 0 aromatic carbocycles. The molecule has 0 fully saturated rings. The zero-order chi connectivity index (χ0) is 8.27. The Hall–Kier alpha value is -1.10. The largest absolute Gasteiger partial charge is 0.481 e. The quantitative estimate of drug-likeness (QED) is 0.775. The van der Waals surface area contributed by atoms with Crippen LogP contribution in [0.25, 0.3) is 0 Å². The maximum absolute atomic E-state index is 10.5. The maximum atomic E-state index is 10.5. The number of nitrogens with zero attached hydrogens (tertiary/aromatic N) is 2. The summed E-state index contributed by atoms with van der Waals surface area (Å²) in [6.07, 6.45) is 1.80. The fourth-order valence-corrected chi connectivity index (χ4v) is 0.826. The number of aliphatic carboxylic acids is 1. The second-order valence-electron chi connectivity index (χ2n) is 2.12. The van der Waals surface area contributed by atoms with Crippen molar-refractivity contribution < 1.29 is 14.4 Å². The number of carboxylic acids is 1. The molecule has 6 heteroatoms. The molecule has 68 valence electrons. The third-order valence-electron chi connectivity index (χ3n) is 1.43. The number of halogens is 1. The Morgan fingerprint density at radius 1 is 1.83 bits per heavy atom. The number of aromatic nitrogens is 2. The highest BCUT2D eigenvalue weighted by Crippen LogP contribution is 2.17. The Balaban J connectivity index is 0.00000121. The van der Waals surface area contributed by atoms with Crippen LogP contribution in [-0.2, 0) is 4.79 Å². The molecule has 1 rings (SSSR count). The second-order valence-corrected chi connectivity index (χ2v) is 2.12. The van der Waals surface area contributed by atoms with Gasteiger partial charge in [-0.15, -0.1) is 17.5 Å². The summed E-state index contributed by atoms with van der Waals surface area (Å²) in [5, 5.41) is 15.2. The minimum Gasteiger partial charge on any atom is -0.481 e. The summed E-state index contributed by atoms with van der Waals surface area (Å²) < 4.78 is 4.61. The Morgan fingerprint density at radius 3 is 2.83 bits per heavy atom. The smallest absolute Gasteiger partial charge is 0.314 e. The molecule has 0 amide bonds. The van der Waals surface area contributed by atoms with Crippen molar-refractivity contribution in [2.24, 2.45) is 0 Å². The minimum atomic E-state index is -0.911. The normalized spacial score (nSPS) is 11.8. The van der Waals surface area contributed by atoms with Crippen LogP contribution in [-0.4, -0.2) is 21.4 Å². The first-order valence-corrected chi connectivity index (χ1v) is 3.25. The standard InChI is InChI=1S/C6H8N2O3.ClH/c1-2-4(6(9)10)5-3-7-8-11-5;/h3-4H,2H2,1H3,(H,9,10);1H. The van der Waals surface area contributed by atoms with Gasteiger partial charge in [0.05, 0.1) is 6.20 Å². The lowest BCUT2D eigenvalue weighted by Gasteiger charge is -2.01. The molecule has 0 aliphatic carbocycles. The van der Waals surface area contributed by atoms with Crippen molar-refractivity contribution in [1.82, 2.24) is 10.4 Å². The zero-order valence-corrected chi connectivity index (χ0v) is 7.24. The van der Waals surface area contributed by atoms with Crippen LogP contribution in [0.15, 0.2) is 10.7 Å². The van der Waals surface area contributed by atoms with Gasteiger partial charge in [-0.25, -0.2) is 0 Å². The van der Waals surface area contributed by atoms with E-state index in [1.165, 1.54) is 6.20 Å². The van der Waals surface area contributed by atoms with Gasteiger partial charge in [-0.3, -0.25) is 4.79 Å². The summed E-state index contributed by atoms with van der Waals surface area (Å²) in [5.41, 5.74) is 0. The van der Waals surface area contributed by atoms with Gasteiger partial charge < -0.3 is 9.63 Å². The lowest BCUT2D eigenvalue weighted by molar-refractivity contribution is -0.139. The number of rotatable bonds is 3. The van der Waals surface area contributed by atoms with E-state index in [-0.39, 0.29) is 12.4 Å². The van der Waals surface area contributed by atoms with E-state index in [0.29, 0.717) is 12.2 Å². The van der Waals surface area contributed by atoms with Crippen LogP contribution >= 0.6 is 12.4 Å². The van der Waals surface area contributed by atoms with E-state index in [2.05, 4.69) is 14.9 Å². The summed E-state index contributed by atoms with van der Waals surface area (Å²) in [4.78, 5) is 10.5. The van der Waals surface area contributed by atoms with Gasteiger partial charge in [0.2, 0.25) is 0 Å². The molecule has 0 spiro atoms. The summed E-state index contributed by atoms with van der Waals surface area (Å²) in [7, 11) is 0. The highest BCUT2D eigenvalue weighted by Gasteiger charge is 2.21. The first-order valence-electron chi connectivity index (χ1n) is 3.25. The van der Waals surface area contributed by atoms with Gasteiger partial charge >= 0.3 is 5.97 Å². The second kappa shape index (κ2) is 4.71. The van der Waals surface area contributed by atoms with Gasteiger partial charge in [-0.2, -0.15) is 0 Å². The van der Waals surface area contributed by atoms with Crippen molar-refractivity contribution in [2.75, 3.05) is 0 Å². The molecule has 0 saturated carbocycles. The van der Waals surface area contributed by atoms with E-state index in [1.807, 2.05) is 0 Å². The molecular weight excluding hydrogens is 184 g/mol. The third-order valence-corrected chi connectivity index (χ3v) is 1.43. The Morgan fingerprint density at radius 2 is 2.50 bits per heavy atom. The highest BCUT2D eigenvalue weighted by atomic mass is 35.5. The number of hydrogen-bond donors (Lipinski definition) is 1. The summed E-state index contributed by atoms with van der Waals surface area (Å²) >= 11 is 0. The molecule has 0 aliphatic rings. The first-order chi connectivity index (χ1) is 5.25. The van der Waals surface area contributed by atoms with Crippen LogP contribution in [0.4, 0.5) is 0 Å². The Bertz CT molecular complexity index is 237. The average molecular weight is 193 g/mol. The molecule has 0 radical (unpaired) electrons. The van der Waals surface area contributed by atoms with Crippen molar-refractivity contribution in [1.29, 1.82) is 0 Å². The number of carbonyl (C=O) groups is 1. The Kier molecular flexibility index (Phi) is 4.28. The number of carboxylic acid groups (broad SMARTS) is 1. The highest BCUT2D eigenvalue weighted by molar-refractivity contribution is 5.85. The van der Waals surface area contributed by atoms with Crippen molar-refractivity contribution in [2.45, 2.75) is 19.3 Å². The zero-order valence-electron chi connectivity index (χ0n) is 6.43.